The molecular weight excluding hydrogens is 190 g/mol. The quantitative estimate of drug-likeness (QED) is 0.507. The highest BCUT2D eigenvalue weighted by Crippen LogP contribution is 2.21. The van der Waals surface area contributed by atoms with E-state index in [1.165, 1.54) is 0 Å². The van der Waals surface area contributed by atoms with Crippen LogP contribution in [0.5, 0.6) is 0 Å². The first-order valence-electron chi connectivity index (χ1n) is 5.88. The Morgan fingerprint density at radius 2 is 2.20 bits per heavy atom. The lowest BCUT2D eigenvalue weighted by atomic mass is 10.1. The van der Waals surface area contributed by atoms with Gasteiger partial charge >= 0.3 is 0 Å². The lowest BCUT2D eigenvalue weighted by Crippen LogP contribution is -2.61. The summed E-state index contributed by atoms with van der Waals surface area (Å²) in [5, 5.41) is 15.4. The van der Waals surface area contributed by atoms with Crippen molar-refractivity contribution < 1.29 is 9.70 Å². The van der Waals surface area contributed by atoms with Gasteiger partial charge in [0.2, 0.25) is 0 Å². The molecule has 0 aromatic carbocycles. The van der Waals surface area contributed by atoms with E-state index in [1.54, 1.807) is 0 Å². The van der Waals surface area contributed by atoms with Crippen LogP contribution < -0.4 is 5.32 Å². The summed E-state index contributed by atoms with van der Waals surface area (Å²) in [6.07, 6.45) is 3.76. The van der Waals surface area contributed by atoms with Crippen molar-refractivity contribution >= 4 is 0 Å². The minimum atomic E-state index is -0.0828. The second-order valence-corrected chi connectivity index (χ2v) is 4.63. The normalized spacial score (nSPS) is 34.5. The summed E-state index contributed by atoms with van der Waals surface area (Å²) in [4.78, 5) is 0. The monoisotopic (exact) mass is 212 g/mol. The first-order chi connectivity index (χ1) is 7.27. The molecule has 2 aliphatic rings. The third kappa shape index (κ3) is 2.23. The van der Waals surface area contributed by atoms with E-state index in [0.717, 1.165) is 56.8 Å². The molecule has 2 heterocycles. The Morgan fingerprint density at radius 3 is 2.73 bits per heavy atom. The Bertz CT molecular complexity index is 218. The molecule has 0 aliphatic carbocycles. The zero-order chi connectivity index (χ0) is 10.7. The summed E-state index contributed by atoms with van der Waals surface area (Å²) < 4.78 is 0.996. The van der Waals surface area contributed by atoms with Gasteiger partial charge in [0.25, 0.3) is 0 Å². The van der Waals surface area contributed by atoms with Gasteiger partial charge in [0.05, 0.1) is 25.7 Å². The summed E-state index contributed by atoms with van der Waals surface area (Å²) in [7, 11) is 0. The third-order valence-corrected chi connectivity index (χ3v) is 3.62. The number of piperidine rings is 1. The number of rotatable bonds is 3. The van der Waals surface area contributed by atoms with Gasteiger partial charge < -0.3 is 5.11 Å². The van der Waals surface area contributed by atoms with E-state index < -0.39 is 0 Å². The Kier molecular flexibility index (Phi) is 3.41. The number of nitrogens with one attached hydrogen (secondary N) is 1. The molecule has 0 saturated carbocycles. The van der Waals surface area contributed by atoms with Gasteiger partial charge in [0.15, 0.2) is 6.67 Å². The Morgan fingerprint density at radius 1 is 1.47 bits per heavy atom. The van der Waals surface area contributed by atoms with E-state index in [-0.39, 0.29) is 6.10 Å². The predicted molar refractivity (Wildman–Crippen MR) is 59.9 cm³/mol. The van der Waals surface area contributed by atoms with E-state index >= 15 is 0 Å². The molecule has 0 amide bonds. The molecule has 2 N–H and O–H groups in total. The Hall–Kier alpha value is -0.420. The van der Waals surface area contributed by atoms with Crippen LogP contribution in [-0.4, -0.2) is 60.2 Å². The highest BCUT2D eigenvalue weighted by molar-refractivity contribution is 4.72. The minimum absolute atomic E-state index is 0.0828. The predicted octanol–water partition coefficient (Wildman–Crippen LogP) is -0.0784. The molecular formula is C11H22N3O+. The molecule has 1 unspecified atom stereocenters. The fourth-order valence-corrected chi connectivity index (χ4v) is 2.68. The van der Waals surface area contributed by atoms with Crippen LogP contribution >= 0.6 is 0 Å². The highest BCUT2D eigenvalue weighted by Gasteiger charge is 2.39. The van der Waals surface area contributed by atoms with Crippen molar-refractivity contribution in [3.63, 3.8) is 0 Å². The number of aliphatic hydroxyl groups is 1. The van der Waals surface area contributed by atoms with E-state index in [9.17, 15) is 5.11 Å². The van der Waals surface area contributed by atoms with Crippen molar-refractivity contribution in [2.45, 2.75) is 18.9 Å². The fraction of sp³-hybridized carbons (Fsp3) is 0.818. The Labute approximate surface area is 91.7 Å². The molecule has 0 radical (unpaired) electrons. The standard InChI is InChI=1S/C11H22N3O/c1-2-8-14(9-5-12-10-14)13-6-3-11(15)4-7-13/h2,11-12,15H,1,3-10H2/q+1. The van der Waals surface area contributed by atoms with Crippen LogP contribution in [-0.2, 0) is 0 Å². The van der Waals surface area contributed by atoms with Crippen molar-refractivity contribution in [2.24, 2.45) is 0 Å². The first kappa shape index (κ1) is 11.1. The zero-order valence-electron chi connectivity index (χ0n) is 9.36. The molecule has 0 bridgehead atoms. The van der Waals surface area contributed by atoms with Crippen LogP contribution in [0.3, 0.4) is 0 Å². The molecule has 2 fully saturated rings. The molecule has 0 aromatic rings. The Balaban J connectivity index is 2.01. The van der Waals surface area contributed by atoms with Crippen LogP contribution in [0.4, 0.5) is 0 Å². The van der Waals surface area contributed by atoms with Gasteiger partial charge in [-0.05, 0) is 18.9 Å². The molecule has 2 rings (SSSR count). The lowest BCUT2D eigenvalue weighted by Gasteiger charge is -2.44. The fourth-order valence-electron chi connectivity index (χ4n) is 2.68. The second kappa shape index (κ2) is 4.61. The van der Waals surface area contributed by atoms with Crippen LogP contribution in [0, 0.1) is 0 Å². The molecule has 86 valence electrons. The molecule has 0 spiro atoms. The van der Waals surface area contributed by atoms with Gasteiger partial charge in [-0.25, -0.2) is 4.59 Å². The maximum atomic E-state index is 9.51. The number of hydrogen-bond donors (Lipinski definition) is 2. The number of hydrogen-bond acceptors (Lipinski definition) is 3. The molecule has 0 aromatic heterocycles. The minimum Gasteiger partial charge on any atom is -0.393 e. The van der Waals surface area contributed by atoms with E-state index in [1.807, 2.05) is 6.08 Å². The number of aliphatic hydroxyl groups excluding tert-OH is 1. The van der Waals surface area contributed by atoms with Gasteiger partial charge in [-0.2, -0.15) is 5.01 Å². The maximum absolute atomic E-state index is 9.51. The second-order valence-electron chi connectivity index (χ2n) is 4.63. The van der Waals surface area contributed by atoms with E-state index in [2.05, 4.69) is 16.9 Å². The van der Waals surface area contributed by atoms with Crippen LogP contribution in [0.2, 0.25) is 0 Å². The topological polar surface area (TPSA) is 35.5 Å². The van der Waals surface area contributed by atoms with Crippen LogP contribution in [0.1, 0.15) is 12.8 Å². The molecule has 4 nitrogen and oxygen atoms in total. The largest absolute Gasteiger partial charge is 0.393 e. The van der Waals surface area contributed by atoms with E-state index in [0.29, 0.717) is 0 Å². The SMILES string of the molecule is C=CC[N+]1(N2CCC(O)CC2)CCNC1. The smallest absolute Gasteiger partial charge is 0.150 e. The average Bonchev–Trinajstić information content (AvgIpc) is 2.69. The van der Waals surface area contributed by atoms with Crippen molar-refractivity contribution in [1.82, 2.24) is 10.3 Å². The number of quaternary nitrogens is 1. The van der Waals surface area contributed by atoms with E-state index in [4.69, 9.17) is 0 Å². The summed E-state index contributed by atoms with van der Waals surface area (Å²) >= 11 is 0. The molecule has 1 atom stereocenters. The number of nitrogens with zero attached hydrogens (tertiary/aromatic N) is 2. The van der Waals surface area contributed by atoms with Gasteiger partial charge in [-0.1, -0.05) is 6.58 Å². The summed E-state index contributed by atoms with van der Waals surface area (Å²) in [6.45, 7) is 10.1. The zero-order valence-corrected chi connectivity index (χ0v) is 9.36. The van der Waals surface area contributed by atoms with Crippen molar-refractivity contribution in [1.29, 1.82) is 0 Å². The van der Waals surface area contributed by atoms with Crippen molar-refractivity contribution in [2.75, 3.05) is 39.4 Å². The van der Waals surface area contributed by atoms with Crippen LogP contribution in [0.25, 0.3) is 0 Å². The van der Waals surface area contributed by atoms with Gasteiger partial charge in [0.1, 0.15) is 13.1 Å². The average molecular weight is 212 g/mol. The van der Waals surface area contributed by atoms with Gasteiger partial charge in [-0.15, -0.1) is 0 Å². The summed E-state index contributed by atoms with van der Waals surface area (Å²) in [5.74, 6) is 0. The first-order valence-corrected chi connectivity index (χ1v) is 5.88. The lowest BCUT2D eigenvalue weighted by molar-refractivity contribution is -1.02. The summed E-state index contributed by atoms with van der Waals surface area (Å²) in [5.41, 5.74) is 0. The molecule has 15 heavy (non-hydrogen) atoms. The molecule has 4 heteroatoms. The highest BCUT2D eigenvalue weighted by atomic mass is 16.3. The third-order valence-electron chi connectivity index (χ3n) is 3.62. The van der Waals surface area contributed by atoms with Gasteiger partial charge in [0, 0.05) is 0 Å². The van der Waals surface area contributed by atoms with Crippen molar-refractivity contribution in [3.8, 4) is 0 Å². The molecule has 2 aliphatic heterocycles. The maximum Gasteiger partial charge on any atom is 0.150 e. The van der Waals surface area contributed by atoms with Crippen molar-refractivity contribution in [3.05, 3.63) is 12.7 Å². The van der Waals surface area contributed by atoms with Crippen LogP contribution in [0.15, 0.2) is 12.7 Å². The molecule has 2 saturated heterocycles. The van der Waals surface area contributed by atoms with Gasteiger partial charge in [-0.3, -0.25) is 5.32 Å². The summed E-state index contributed by atoms with van der Waals surface area (Å²) in [6, 6.07) is 0.